The molecule has 0 aliphatic carbocycles. The lowest BCUT2D eigenvalue weighted by Gasteiger charge is -2.34. The normalized spacial score (nSPS) is 19.0. The fraction of sp³-hybridized carbons (Fsp3) is 0.533. The van der Waals surface area contributed by atoms with Crippen molar-refractivity contribution >= 4 is 17.6 Å². The van der Waals surface area contributed by atoms with E-state index < -0.39 is 0 Å². The van der Waals surface area contributed by atoms with E-state index in [2.05, 4.69) is 29.5 Å². The van der Waals surface area contributed by atoms with Crippen LogP contribution in [0.5, 0.6) is 0 Å². The van der Waals surface area contributed by atoms with Gasteiger partial charge in [0, 0.05) is 18.8 Å². The van der Waals surface area contributed by atoms with Gasteiger partial charge in [-0.3, -0.25) is 14.9 Å². The molecule has 21 heavy (non-hydrogen) atoms. The number of pyridine rings is 1. The summed E-state index contributed by atoms with van der Waals surface area (Å²) in [4.78, 5) is 29.6. The molecule has 0 radical (unpaired) electrons. The fourth-order valence-electron chi connectivity index (χ4n) is 2.33. The number of piperazine rings is 1. The van der Waals surface area contributed by atoms with Crippen molar-refractivity contribution in [2.24, 2.45) is 0 Å². The van der Waals surface area contributed by atoms with Crippen LogP contribution < -0.4 is 15.5 Å². The van der Waals surface area contributed by atoms with Crippen LogP contribution in [-0.2, 0) is 16.1 Å². The van der Waals surface area contributed by atoms with E-state index in [1.165, 1.54) is 0 Å². The smallest absolute Gasteiger partial charge is 0.249 e. The van der Waals surface area contributed by atoms with Crippen molar-refractivity contribution in [3.05, 3.63) is 23.9 Å². The van der Waals surface area contributed by atoms with Crippen molar-refractivity contribution in [3.8, 4) is 0 Å². The zero-order valence-corrected chi connectivity index (χ0v) is 12.7. The van der Waals surface area contributed by atoms with Gasteiger partial charge in [-0.25, -0.2) is 4.98 Å². The number of aromatic nitrogens is 1. The van der Waals surface area contributed by atoms with Gasteiger partial charge in [0.2, 0.25) is 11.8 Å². The van der Waals surface area contributed by atoms with Crippen LogP contribution in [0.2, 0.25) is 0 Å². The van der Waals surface area contributed by atoms with Gasteiger partial charge in [0.25, 0.3) is 0 Å². The monoisotopic (exact) mass is 290 g/mol. The first-order valence-electron chi connectivity index (χ1n) is 7.30. The molecule has 0 aromatic carbocycles. The van der Waals surface area contributed by atoms with Gasteiger partial charge >= 0.3 is 0 Å². The summed E-state index contributed by atoms with van der Waals surface area (Å²) in [6.07, 6.45) is 2.42. The topological polar surface area (TPSA) is 74.3 Å². The summed E-state index contributed by atoms with van der Waals surface area (Å²) in [5.74, 6) is 0.136. The number of hydrogen-bond donors (Lipinski definition) is 2. The number of imide groups is 1. The molecular weight excluding hydrogens is 268 g/mol. The first-order chi connectivity index (χ1) is 10.0. The fourth-order valence-corrected chi connectivity index (χ4v) is 2.33. The molecule has 0 saturated carbocycles. The minimum atomic E-state index is -0.338. The van der Waals surface area contributed by atoms with E-state index in [9.17, 15) is 9.59 Å². The molecule has 1 aromatic rings. The third-order valence-electron chi connectivity index (χ3n) is 3.46. The Hall–Kier alpha value is -1.95. The lowest BCUT2D eigenvalue weighted by Crippen LogP contribution is -2.58. The van der Waals surface area contributed by atoms with Crippen LogP contribution in [0, 0.1) is 0 Å². The van der Waals surface area contributed by atoms with Crippen LogP contribution in [0.4, 0.5) is 5.82 Å². The van der Waals surface area contributed by atoms with Gasteiger partial charge < -0.3 is 10.2 Å². The Bertz CT molecular complexity index is 513. The maximum Gasteiger partial charge on any atom is 0.249 e. The molecule has 1 unspecified atom stereocenters. The summed E-state index contributed by atoms with van der Waals surface area (Å²) in [7, 11) is 0. The van der Waals surface area contributed by atoms with Crippen LogP contribution in [0.3, 0.4) is 0 Å². The second-order valence-electron chi connectivity index (χ2n) is 5.52. The Balaban J connectivity index is 2.12. The van der Waals surface area contributed by atoms with E-state index in [4.69, 9.17) is 0 Å². The highest BCUT2D eigenvalue weighted by Crippen LogP contribution is 2.18. The summed E-state index contributed by atoms with van der Waals surface area (Å²) in [6, 6.07) is 3.92. The number of carbonyl (C=O) groups is 2. The zero-order chi connectivity index (χ0) is 15.4. The molecule has 0 spiro atoms. The van der Waals surface area contributed by atoms with E-state index in [1.807, 2.05) is 19.1 Å². The van der Waals surface area contributed by atoms with E-state index >= 15 is 0 Å². The molecule has 1 aromatic heterocycles. The molecule has 2 heterocycles. The SMILES string of the molecule is CCC1C(=O)NC(=O)CN1c1ccc(CNC(C)C)cn1. The Morgan fingerprint density at radius 3 is 2.76 bits per heavy atom. The summed E-state index contributed by atoms with van der Waals surface area (Å²) in [5.41, 5.74) is 1.08. The van der Waals surface area contributed by atoms with E-state index in [-0.39, 0.29) is 24.4 Å². The minimum absolute atomic E-state index is 0.167. The van der Waals surface area contributed by atoms with Crippen LogP contribution >= 0.6 is 0 Å². The summed E-state index contributed by atoms with van der Waals surface area (Å²) in [6.45, 7) is 7.02. The molecule has 114 valence electrons. The number of rotatable bonds is 5. The summed E-state index contributed by atoms with van der Waals surface area (Å²) < 4.78 is 0. The van der Waals surface area contributed by atoms with Gasteiger partial charge in [-0.15, -0.1) is 0 Å². The van der Waals surface area contributed by atoms with Crippen molar-refractivity contribution in [2.75, 3.05) is 11.4 Å². The average molecular weight is 290 g/mol. The van der Waals surface area contributed by atoms with E-state index in [1.54, 1.807) is 11.1 Å². The van der Waals surface area contributed by atoms with Gasteiger partial charge in [0.1, 0.15) is 11.9 Å². The van der Waals surface area contributed by atoms with Crippen molar-refractivity contribution in [1.82, 2.24) is 15.6 Å². The van der Waals surface area contributed by atoms with Crippen molar-refractivity contribution in [3.63, 3.8) is 0 Å². The summed E-state index contributed by atoms with van der Waals surface area (Å²) >= 11 is 0. The molecule has 1 aliphatic heterocycles. The van der Waals surface area contributed by atoms with Gasteiger partial charge in [0.05, 0.1) is 6.54 Å². The van der Waals surface area contributed by atoms with Crippen LogP contribution in [-0.4, -0.2) is 35.4 Å². The molecule has 6 nitrogen and oxygen atoms in total. The Morgan fingerprint density at radius 1 is 1.43 bits per heavy atom. The first-order valence-corrected chi connectivity index (χ1v) is 7.30. The average Bonchev–Trinajstić information content (AvgIpc) is 2.45. The third-order valence-corrected chi connectivity index (χ3v) is 3.46. The summed E-state index contributed by atoms with van der Waals surface area (Å²) in [5, 5.41) is 5.69. The molecule has 6 heteroatoms. The third kappa shape index (κ3) is 3.78. The lowest BCUT2D eigenvalue weighted by atomic mass is 10.1. The maximum absolute atomic E-state index is 11.9. The lowest BCUT2D eigenvalue weighted by molar-refractivity contribution is -0.132. The Labute approximate surface area is 124 Å². The maximum atomic E-state index is 11.9. The zero-order valence-electron chi connectivity index (χ0n) is 12.7. The van der Waals surface area contributed by atoms with Crippen LogP contribution in [0.25, 0.3) is 0 Å². The number of amides is 2. The quantitative estimate of drug-likeness (QED) is 0.785. The largest absolute Gasteiger partial charge is 0.335 e. The van der Waals surface area contributed by atoms with E-state index in [0.717, 1.165) is 12.1 Å². The molecular formula is C15H22N4O2. The Kier molecular flexibility index (Phi) is 4.90. The molecule has 2 rings (SSSR count). The number of anilines is 1. The van der Waals surface area contributed by atoms with Crippen molar-refractivity contribution < 1.29 is 9.59 Å². The molecule has 1 atom stereocenters. The molecule has 0 bridgehead atoms. The highest BCUT2D eigenvalue weighted by Gasteiger charge is 2.33. The standard InChI is InChI=1S/C15H22N4O2/c1-4-12-15(21)18-14(20)9-19(12)13-6-5-11(8-17-13)7-16-10(2)3/h5-6,8,10,12,16H,4,7,9H2,1-3H3,(H,18,20,21). The van der Waals surface area contributed by atoms with E-state index in [0.29, 0.717) is 18.3 Å². The van der Waals surface area contributed by atoms with Crippen LogP contribution in [0.1, 0.15) is 32.8 Å². The second kappa shape index (κ2) is 6.67. The molecule has 2 N–H and O–H groups in total. The highest BCUT2D eigenvalue weighted by molar-refractivity contribution is 6.04. The van der Waals surface area contributed by atoms with Gasteiger partial charge in [-0.1, -0.05) is 26.8 Å². The highest BCUT2D eigenvalue weighted by atomic mass is 16.2. The number of nitrogens with one attached hydrogen (secondary N) is 2. The van der Waals surface area contributed by atoms with Crippen molar-refractivity contribution in [2.45, 2.75) is 45.8 Å². The molecule has 2 amide bonds. The molecule has 1 fully saturated rings. The van der Waals surface area contributed by atoms with Crippen LogP contribution in [0.15, 0.2) is 18.3 Å². The van der Waals surface area contributed by atoms with Gasteiger partial charge in [-0.05, 0) is 18.1 Å². The predicted octanol–water partition coefficient (Wildman–Crippen LogP) is 0.821. The first kappa shape index (κ1) is 15.4. The van der Waals surface area contributed by atoms with Gasteiger partial charge in [-0.2, -0.15) is 0 Å². The molecule has 1 aliphatic rings. The number of carbonyl (C=O) groups excluding carboxylic acids is 2. The molecule has 1 saturated heterocycles. The van der Waals surface area contributed by atoms with Crippen molar-refractivity contribution in [1.29, 1.82) is 0 Å². The number of hydrogen-bond acceptors (Lipinski definition) is 5. The second-order valence-corrected chi connectivity index (χ2v) is 5.52. The minimum Gasteiger partial charge on any atom is -0.335 e. The predicted molar refractivity (Wildman–Crippen MR) is 80.8 cm³/mol. The number of nitrogens with zero attached hydrogens (tertiary/aromatic N) is 2. The van der Waals surface area contributed by atoms with Gasteiger partial charge in [0.15, 0.2) is 0 Å². The Morgan fingerprint density at radius 2 is 2.19 bits per heavy atom.